The summed E-state index contributed by atoms with van der Waals surface area (Å²) in [4.78, 5) is 16.9. The van der Waals surface area contributed by atoms with E-state index >= 15 is 0 Å². The van der Waals surface area contributed by atoms with Crippen molar-refractivity contribution in [2.24, 2.45) is 0 Å². The highest BCUT2D eigenvalue weighted by molar-refractivity contribution is 5.92. The minimum atomic E-state index is 0.103. The zero-order valence-electron chi connectivity index (χ0n) is 19.3. The Morgan fingerprint density at radius 1 is 1.06 bits per heavy atom. The van der Waals surface area contributed by atoms with Gasteiger partial charge in [0, 0.05) is 56.3 Å². The van der Waals surface area contributed by atoms with Crippen molar-refractivity contribution in [1.29, 1.82) is 0 Å². The molecule has 0 unspecified atom stereocenters. The molecule has 0 amide bonds. The van der Waals surface area contributed by atoms with E-state index in [1.165, 1.54) is 0 Å². The van der Waals surface area contributed by atoms with Gasteiger partial charge in [0.25, 0.3) is 0 Å². The molecule has 0 spiro atoms. The van der Waals surface area contributed by atoms with Gasteiger partial charge in [0.1, 0.15) is 5.82 Å². The van der Waals surface area contributed by atoms with Crippen molar-refractivity contribution >= 4 is 22.7 Å². The number of likely N-dealkylation sites (tertiary alicyclic amines) is 1. The molecule has 2 aromatic rings. The summed E-state index contributed by atoms with van der Waals surface area (Å²) >= 11 is 0. The first kappa shape index (κ1) is 21.9. The third kappa shape index (κ3) is 4.96. The molecular formula is C23H36N6O2. The fraction of sp³-hybridized carbons (Fsp3) is 0.652. The second kappa shape index (κ2) is 9.44. The number of rotatable bonds is 5. The molecule has 3 heterocycles. The summed E-state index contributed by atoms with van der Waals surface area (Å²) < 4.78 is 5.36. The van der Waals surface area contributed by atoms with E-state index in [2.05, 4.69) is 40.9 Å². The highest BCUT2D eigenvalue weighted by Crippen LogP contribution is 2.35. The number of aromatic nitrogens is 2. The van der Waals surface area contributed by atoms with Crippen molar-refractivity contribution in [3.05, 3.63) is 12.1 Å². The van der Waals surface area contributed by atoms with Crippen LogP contribution in [0.15, 0.2) is 12.1 Å². The molecule has 31 heavy (non-hydrogen) atoms. The number of nitrogens with zero attached hydrogens (tertiary/aromatic N) is 5. The first-order chi connectivity index (χ1) is 14.9. The Hall–Kier alpha value is -2.32. The number of anilines is 2. The maximum absolute atomic E-state index is 10.4. The van der Waals surface area contributed by atoms with Gasteiger partial charge in [0.05, 0.1) is 12.6 Å². The van der Waals surface area contributed by atoms with E-state index < -0.39 is 0 Å². The molecule has 0 radical (unpaired) electrons. The molecule has 2 N–H and O–H groups in total. The Morgan fingerprint density at radius 3 is 2.55 bits per heavy atom. The van der Waals surface area contributed by atoms with E-state index in [0.29, 0.717) is 17.8 Å². The van der Waals surface area contributed by atoms with Crippen LogP contribution in [0, 0.1) is 0 Å². The maximum Gasteiger partial charge on any atom is 0.227 e. The molecule has 1 aromatic carbocycles. The highest BCUT2D eigenvalue weighted by Gasteiger charge is 2.23. The summed E-state index contributed by atoms with van der Waals surface area (Å²) in [5.74, 6) is 2.11. The topological polar surface area (TPSA) is 77.0 Å². The molecule has 2 fully saturated rings. The van der Waals surface area contributed by atoms with Crippen LogP contribution in [0.4, 0.5) is 11.8 Å². The SMILES string of the molecule is COc1cc2c(NC3CCN(C(C)C)CC3)nc(N3CCCN(C)CC3)nc2cc1O. The maximum atomic E-state index is 10.4. The molecule has 0 saturated carbocycles. The molecule has 0 atom stereocenters. The molecule has 0 aliphatic carbocycles. The standard InChI is InChI=1S/C23H36N6O2/c1-16(2)28-10-6-17(7-11-28)24-22-18-14-21(31-4)20(30)15-19(18)25-23(26-22)29-9-5-8-27(3)12-13-29/h14-17,30H,5-13H2,1-4H3,(H,24,25,26). The van der Waals surface area contributed by atoms with Crippen LogP contribution in [0.2, 0.25) is 0 Å². The number of fused-ring (bicyclic) bond motifs is 1. The van der Waals surface area contributed by atoms with Gasteiger partial charge in [-0.25, -0.2) is 4.98 Å². The number of piperidine rings is 1. The van der Waals surface area contributed by atoms with Gasteiger partial charge in [-0.1, -0.05) is 0 Å². The van der Waals surface area contributed by atoms with Crippen molar-refractivity contribution in [2.75, 3.05) is 63.6 Å². The number of aromatic hydroxyl groups is 1. The second-order valence-corrected chi connectivity index (χ2v) is 9.11. The number of phenolic OH excluding ortho intramolecular Hbond substituents is 1. The third-order valence-corrected chi connectivity index (χ3v) is 6.59. The number of nitrogens with one attached hydrogen (secondary N) is 1. The van der Waals surface area contributed by atoms with Crippen LogP contribution in [0.3, 0.4) is 0 Å². The Morgan fingerprint density at radius 2 is 1.84 bits per heavy atom. The van der Waals surface area contributed by atoms with Crippen LogP contribution >= 0.6 is 0 Å². The van der Waals surface area contributed by atoms with Crippen molar-refractivity contribution in [3.8, 4) is 11.5 Å². The summed E-state index contributed by atoms with van der Waals surface area (Å²) in [5, 5.41) is 14.9. The zero-order valence-corrected chi connectivity index (χ0v) is 19.3. The van der Waals surface area contributed by atoms with Gasteiger partial charge in [-0.2, -0.15) is 4.98 Å². The van der Waals surface area contributed by atoms with Gasteiger partial charge in [-0.15, -0.1) is 0 Å². The molecule has 2 aliphatic rings. The fourth-order valence-electron chi connectivity index (χ4n) is 4.55. The van der Waals surface area contributed by atoms with Crippen molar-refractivity contribution < 1.29 is 9.84 Å². The van der Waals surface area contributed by atoms with Gasteiger partial charge in [0.15, 0.2) is 11.5 Å². The number of benzene rings is 1. The fourth-order valence-corrected chi connectivity index (χ4v) is 4.55. The summed E-state index contributed by atoms with van der Waals surface area (Å²) in [6.07, 6.45) is 3.26. The number of ether oxygens (including phenoxy) is 1. The number of hydrogen-bond donors (Lipinski definition) is 2. The minimum Gasteiger partial charge on any atom is -0.504 e. The first-order valence-electron chi connectivity index (χ1n) is 11.5. The summed E-state index contributed by atoms with van der Waals surface area (Å²) in [6.45, 7) is 10.6. The smallest absolute Gasteiger partial charge is 0.227 e. The Kier molecular flexibility index (Phi) is 6.67. The lowest BCUT2D eigenvalue weighted by molar-refractivity contribution is 0.177. The number of methoxy groups -OCH3 is 1. The Balaban J connectivity index is 1.66. The van der Waals surface area contributed by atoms with E-state index in [0.717, 1.165) is 81.2 Å². The third-order valence-electron chi connectivity index (χ3n) is 6.59. The average Bonchev–Trinajstić information content (AvgIpc) is 2.98. The molecule has 170 valence electrons. The monoisotopic (exact) mass is 428 g/mol. The predicted octanol–water partition coefficient (Wildman–Crippen LogP) is 2.77. The van der Waals surface area contributed by atoms with E-state index in [9.17, 15) is 5.11 Å². The first-order valence-corrected chi connectivity index (χ1v) is 11.5. The molecule has 4 rings (SSSR count). The highest BCUT2D eigenvalue weighted by atomic mass is 16.5. The van der Waals surface area contributed by atoms with E-state index in [4.69, 9.17) is 14.7 Å². The van der Waals surface area contributed by atoms with Gasteiger partial charge < -0.3 is 29.9 Å². The van der Waals surface area contributed by atoms with Crippen LogP contribution in [0.1, 0.15) is 33.1 Å². The molecule has 2 saturated heterocycles. The van der Waals surface area contributed by atoms with Crippen LogP contribution < -0.4 is 15.0 Å². The van der Waals surface area contributed by atoms with Gasteiger partial charge in [-0.05, 0) is 52.8 Å². The second-order valence-electron chi connectivity index (χ2n) is 9.11. The molecule has 2 aliphatic heterocycles. The molecule has 8 heteroatoms. The van der Waals surface area contributed by atoms with Crippen LogP contribution in [0.25, 0.3) is 10.9 Å². The van der Waals surface area contributed by atoms with Gasteiger partial charge in [0.2, 0.25) is 5.95 Å². The van der Waals surface area contributed by atoms with Crippen molar-refractivity contribution in [1.82, 2.24) is 19.8 Å². The number of hydrogen-bond acceptors (Lipinski definition) is 8. The van der Waals surface area contributed by atoms with Crippen LogP contribution in [-0.4, -0.2) is 90.4 Å². The van der Waals surface area contributed by atoms with E-state index in [1.807, 2.05) is 6.07 Å². The Bertz CT molecular complexity index is 897. The lowest BCUT2D eigenvalue weighted by Gasteiger charge is -2.35. The molecule has 0 bridgehead atoms. The zero-order chi connectivity index (χ0) is 22.0. The summed E-state index contributed by atoms with van der Waals surface area (Å²) in [5.41, 5.74) is 0.739. The van der Waals surface area contributed by atoms with Crippen molar-refractivity contribution in [3.63, 3.8) is 0 Å². The van der Waals surface area contributed by atoms with Crippen molar-refractivity contribution in [2.45, 2.75) is 45.2 Å². The molecular weight excluding hydrogens is 392 g/mol. The average molecular weight is 429 g/mol. The van der Waals surface area contributed by atoms with Crippen LogP contribution in [0.5, 0.6) is 11.5 Å². The van der Waals surface area contributed by atoms with Crippen LogP contribution in [-0.2, 0) is 0 Å². The Labute approximate surface area is 185 Å². The lowest BCUT2D eigenvalue weighted by Crippen LogP contribution is -2.42. The van der Waals surface area contributed by atoms with E-state index in [-0.39, 0.29) is 5.75 Å². The predicted molar refractivity (Wildman–Crippen MR) is 125 cm³/mol. The minimum absolute atomic E-state index is 0.103. The molecule has 8 nitrogen and oxygen atoms in total. The number of phenols is 1. The summed E-state index contributed by atoms with van der Waals surface area (Å²) in [7, 11) is 3.73. The summed E-state index contributed by atoms with van der Waals surface area (Å²) in [6, 6.07) is 4.49. The lowest BCUT2D eigenvalue weighted by atomic mass is 10.0. The normalized spacial score (nSPS) is 19.7. The largest absolute Gasteiger partial charge is 0.504 e. The quantitative estimate of drug-likeness (QED) is 0.753. The van der Waals surface area contributed by atoms with E-state index in [1.54, 1.807) is 13.2 Å². The number of likely N-dealkylation sites (N-methyl/N-ethyl adjacent to an activating group) is 1. The molecule has 1 aromatic heterocycles. The van der Waals surface area contributed by atoms with Gasteiger partial charge >= 0.3 is 0 Å². The van der Waals surface area contributed by atoms with Gasteiger partial charge in [-0.3, -0.25) is 0 Å².